The van der Waals surface area contributed by atoms with Gasteiger partial charge in [-0.15, -0.1) is 13.2 Å². The second-order valence-electron chi connectivity index (χ2n) is 3.32. The van der Waals surface area contributed by atoms with E-state index >= 15 is 0 Å². The maximum atomic E-state index is 11.9. The molecule has 0 saturated heterocycles. The van der Waals surface area contributed by atoms with Crippen LogP contribution in [-0.4, -0.2) is 34.4 Å². The number of alkyl halides is 3. The van der Waals surface area contributed by atoms with Crippen LogP contribution in [0.3, 0.4) is 0 Å². The lowest BCUT2D eigenvalue weighted by Crippen LogP contribution is -2.22. The Morgan fingerprint density at radius 1 is 1.24 bits per heavy atom. The molecule has 0 heterocycles. The Balaban J connectivity index is 2.86. The predicted molar refractivity (Wildman–Crippen MR) is 51.2 cm³/mol. The van der Waals surface area contributed by atoms with Crippen LogP contribution in [0.1, 0.15) is 11.7 Å². The molecule has 0 aliphatic carbocycles. The van der Waals surface area contributed by atoms with Crippen LogP contribution in [0.4, 0.5) is 13.2 Å². The zero-order valence-electron chi connectivity index (χ0n) is 8.55. The Labute approximate surface area is 94.9 Å². The van der Waals surface area contributed by atoms with Crippen molar-refractivity contribution in [2.24, 2.45) is 0 Å². The number of benzene rings is 1. The molecule has 0 aliphatic heterocycles. The number of halogens is 3. The molecule has 2 atom stereocenters. The summed E-state index contributed by atoms with van der Waals surface area (Å²) >= 11 is 0. The first-order valence-electron chi connectivity index (χ1n) is 4.66. The zero-order valence-corrected chi connectivity index (χ0v) is 8.55. The summed E-state index contributed by atoms with van der Waals surface area (Å²) in [6, 6.07) is 4.56. The molecule has 0 fully saturated rings. The van der Waals surface area contributed by atoms with Gasteiger partial charge in [-0.25, -0.2) is 0 Å². The SMILES string of the molecule is OCC(O)C(O)c1cccc(OC(F)(F)F)c1. The highest BCUT2D eigenvalue weighted by molar-refractivity contribution is 5.30. The molecule has 0 amide bonds. The van der Waals surface area contributed by atoms with Crippen molar-refractivity contribution < 1.29 is 33.2 Å². The van der Waals surface area contributed by atoms with Crippen molar-refractivity contribution in [2.75, 3.05) is 6.61 Å². The highest BCUT2D eigenvalue weighted by atomic mass is 19.4. The summed E-state index contributed by atoms with van der Waals surface area (Å²) in [5, 5.41) is 27.2. The summed E-state index contributed by atoms with van der Waals surface area (Å²) in [6.45, 7) is -0.703. The Morgan fingerprint density at radius 3 is 2.41 bits per heavy atom. The Bertz CT molecular complexity index is 367. The van der Waals surface area contributed by atoms with Crippen molar-refractivity contribution in [3.05, 3.63) is 29.8 Å². The molecule has 96 valence electrons. The average Bonchev–Trinajstić information content (AvgIpc) is 2.25. The van der Waals surface area contributed by atoms with Crippen molar-refractivity contribution >= 4 is 0 Å². The number of rotatable bonds is 4. The number of hydrogen-bond acceptors (Lipinski definition) is 4. The van der Waals surface area contributed by atoms with E-state index in [1.54, 1.807) is 0 Å². The van der Waals surface area contributed by atoms with Crippen LogP contribution in [0.15, 0.2) is 24.3 Å². The third-order valence-electron chi connectivity index (χ3n) is 1.98. The predicted octanol–water partition coefficient (Wildman–Crippen LogP) is 0.972. The van der Waals surface area contributed by atoms with E-state index in [1.807, 2.05) is 0 Å². The Hall–Kier alpha value is -1.31. The summed E-state index contributed by atoms with van der Waals surface area (Å²) in [7, 11) is 0. The topological polar surface area (TPSA) is 69.9 Å². The van der Waals surface area contributed by atoms with Gasteiger partial charge in [0.15, 0.2) is 0 Å². The molecule has 0 radical (unpaired) electrons. The van der Waals surface area contributed by atoms with Gasteiger partial charge in [0.1, 0.15) is 18.0 Å². The molecule has 1 rings (SSSR count). The monoisotopic (exact) mass is 252 g/mol. The fraction of sp³-hybridized carbons (Fsp3) is 0.400. The normalized spacial score (nSPS) is 15.4. The van der Waals surface area contributed by atoms with Crippen LogP contribution in [0, 0.1) is 0 Å². The number of aliphatic hydroxyl groups is 3. The van der Waals surface area contributed by atoms with E-state index in [0.717, 1.165) is 12.1 Å². The molecule has 4 nitrogen and oxygen atoms in total. The summed E-state index contributed by atoms with van der Waals surface area (Å²) in [5.74, 6) is -0.501. The van der Waals surface area contributed by atoms with Crippen molar-refractivity contribution in [1.82, 2.24) is 0 Å². The third kappa shape index (κ3) is 4.22. The maximum Gasteiger partial charge on any atom is 0.573 e. The summed E-state index contributed by atoms with van der Waals surface area (Å²) in [5.41, 5.74) is 0.0216. The fourth-order valence-corrected chi connectivity index (χ4v) is 1.22. The number of aliphatic hydroxyl groups excluding tert-OH is 3. The van der Waals surface area contributed by atoms with E-state index in [1.165, 1.54) is 12.1 Å². The number of hydrogen-bond donors (Lipinski definition) is 3. The van der Waals surface area contributed by atoms with Gasteiger partial charge in [-0.2, -0.15) is 0 Å². The molecule has 0 bridgehead atoms. The van der Waals surface area contributed by atoms with E-state index in [0.29, 0.717) is 0 Å². The van der Waals surface area contributed by atoms with Crippen molar-refractivity contribution in [1.29, 1.82) is 0 Å². The van der Waals surface area contributed by atoms with Crippen molar-refractivity contribution in [2.45, 2.75) is 18.6 Å². The van der Waals surface area contributed by atoms with Crippen LogP contribution in [0.2, 0.25) is 0 Å². The molecule has 17 heavy (non-hydrogen) atoms. The van der Waals surface area contributed by atoms with Crippen LogP contribution in [-0.2, 0) is 0 Å². The molecule has 0 saturated carbocycles. The van der Waals surface area contributed by atoms with Crippen LogP contribution in [0.25, 0.3) is 0 Å². The molecule has 1 aromatic rings. The highest BCUT2D eigenvalue weighted by Crippen LogP contribution is 2.26. The zero-order chi connectivity index (χ0) is 13.1. The second-order valence-corrected chi connectivity index (χ2v) is 3.32. The molecule has 2 unspecified atom stereocenters. The van der Waals surface area contributed by atoms with Gasteiger partial charge < -0.3 is 20.1 Å². The molecule has 7 heteroatoms. The lowest BCUT2D eigenvalue weighted by Gasteiger charge is -2.17. The first-order chi connectivity index (χ1) is 7.83. The minimum absolute atomic E-state index is 0.0216. The second kappa shape index (κ2) is 5.35. The standard InChI is InChI=1S/C10H11F3O4/c11-10(12,13)17-7-3-1-2-6(4-7)9(16)8(15)5-14/h1-4,8-9,14-16H,5H2. The van der Waals surface area contributed by atoms with Gasteiger partial charge in [-0.05, 0) is 17.7 Å². The van der Waals surface area contributed by atoms with E-state index < -0.39 is 30.9 Å². The van der Waals surface area contributed by atoms with Gasteiger partial charge in [0.25, 0.3) is 0 Å². The van der Waals surface area contributed by atoms with Crippen LogP contribution < -0.4 is 4.74 Å². The molecule has 0 spiro atoms. The molecule has 0 aromatic heterocycles. The van der Waals surface area contributed by atoms with Gasteiger partial charge in [-0.1, -0.05) is 12.1 Å². The molecule has 0 aliphatic rings. The van der Waals surface area contributed by atoms with Gasteiger partial charge in [0.05, 0.1) is 6.61 Å². The van der Waals surface area contributed by atoms with Crippen molar-refractivity contribution in [3.63, 3.8) is 0 Å². The largest absolute Gasteiger partial charge is 0.573 e. The van der Waals surface area contributed by atoms with Crippen molar-refractivity contribution in [3.8, 4) is 5.75 Å². The molecule has 3 N–H and O–H groups in total. The first-order valence-corrected chi connectivity index (χ1v) is 4.66. The third-order valence-corrected chi connectivity index (χ3v) is 1.98. The maximum absolute atomic E-state index is 11.9. The summed E-state index contributed by atoms with van der Waals surface area (Å²) in [4.78, 5) is 0. The summed E-state index contributed by atoms with van der Waals surface area (Å²) < 4.78 is 39.4. The van der Waals surface area contributed by atoms with E-state index in [-0.39, 0.29) is 5.56 Å². The lowest BCUT2D eigenvalue weighted by molar-refractivity contribution is -0.274. The minimum atomic E-state index is -4.82. The average molecular weight is 252 g/mol. The van der Waals surface area contributed by atoms with E-state index in [9.17, 15) is 18.3 Å². The lowest BCUT2D eigenvalue weighted by atomic mass is 10.0. The molecule has 1 aromatic carbocycles. The fourth-order valence-electron chi connectivity index (χ4n) is 1.22. The Kier molecular flexibility index (Phi) is 4.33. The van der Waals surface area contributed by atoms with Gasteiger partial charge >= 0.3 is 6.36 Å². The highest BCUT2D eigenvalue weighted by Gasteiger charge is 2.31. The van der Waals surface area contributed by atoms with E-state index in [2.05, 4.69) is 4.74 Å². The first kappa shape index (κ1) is 13.8. The smallest absolute Gasteiger partial charge is 0.406 e. The van der Waals surface area contributed by atoms with Crippen LogP contribution >= 0.6 is 0 Å². The van der Waals surface area contributed by atoms with Gasteiger partial charge in [-0.3, -0.25) is 0 Å². The number of ether oxygens (including phenoxy) is 1. The minimum Gasteiger partial charge on any atom is -0.406 e. The van der Waals surface area contributed by atoms with E-state index in [4.69, 9.17) is 10.2 Å². The van der Waals surface area contributed by atoms with Gasteiger partial charge in [0, 0.05) is 0 Å². The quantitative estimate of drug-likeness (QED) is 0.746. The Morgan fingerprint density at radius 2 is 1.88 bits per heavy atom. The molecular weight excluding hydrogens is 241 g/mol. The summed E-state index contributed by atoms with van der Waals surface area (Å²) in [6.07, 6.45) is -7.76. The molecular formula is C10H11F3O4. The van der Waals surface area contributed by atoms with Gasteiger partial charge in [0.2, 0.25) is 0 Å². The van der Waals surface area contributed by atoms with Crippen LogP contribution in [0.5, 0.6) is 5.75 Å².